The first kappa shape index (κ1) is 16.0. The summed E-state index contributed by atoms with van der Waals surface area (Å²) in [4.78, 5) is 9.38. The molecule has 0 unspecified atom stereocenters. The largest absolute Gasteiger partial charge is 0.395 e. The lowest BCUT2D eigenvalue weighted by molar-refractivity contribution is 0.135. The molecule has 0 bridgehead atoms. The van der Waals surface area contributed by atoms with Crippen LogP contribution in [-0.4, -0.2) is 32.0 Å². The SMILES string of the molecule is O=S(=O)(CCC=C(F)F)c1ncc(/C=N/OCC2CC2)s1. The van der Waals surface area contributed by atoms with Gasteiger partial charge in [-0.25, -0.2) is 13.4 Å². The normalized spacial score (nSPS) is 15.3. The molecule has 5 nitrogen and oxygen atoms in total. The van der Waals surface area contributed by atoms with Gasteiger partial charge in [-0.15, -0.1) is 11.3 Å². The number of hydrogen-bond donors (Lipinski definition) is 0. The van der Waals surface area contributed by atoms with Gasteiger partial charge in [0.25, 0.3) is 6.08 Å². The first-order valence-electron chi connectivity index (χ1n) is 6.32. The van der Waals surface area contributed by atoms with Gasteiger partial charge in [0, 0.05) is 6.20 Å². The van der Waals surface area contributed by atoms with Crippen molar-refractivity contribution in [3.05, 3.63) is 23.2 Å². The highest BCUT2D eigenvalue weighted by molar-refractivity contribution is 7.93. The van der Waals surface area contributed by atoms with Crippen LogP contribution in [0.1, 0.15) is 24.1 Å². The molecule has 116 valence electrons. The maximum absolute atomic E-state index is 11.9. The Labute approximate surface area is 125 Å². The summed E-state index contributed by atoms with van der Waals surface area (Å²) in [5, 5.41) is 3.74. The number of oxime groups is 1. The number of halogens is 2. The molecule has 9 heteroatoms. The lowest BCUT2D eigenvalue weighted by atomic mass is 10.5. The summed E-state index contributed by atoms with van der Waals surface area (Å²) in [7, 11) is -3.64. The lowest BCUT2D eigenvalue weighted by Crippen LogP contribution is -2.05. The molecule has 0 saturated heterocycles. The molecule has 0 aromatic carbocycles. The number of rotatable bonds is 8. The predicted molar refractivity (Wildman–Crippen MR) is 75.4 cm³/mol. The van der Waals surface area contributed by atoms with Gasteiger partial charge >= 0.3 is 0 Å². The van der Waals surface area contributed by atoms with Crippen molar-refractivity contribution in [1.82, 2.24) is 4.98 Å². The van der Waals surface area contributed by atoms with Crippen LogP contribution in [0.3, 0.4) is 0 Å². The molecule has 1 aliphatic rings. The fraction of sp³-hybridized carbons (Fsp3) is 0.500. The van der Waals surface area contributed by atoms with Crippen molar-refractivity contribution in [2.24, 2.45) is 11.1 Å². The monoisotopic (exact) mass is 336 g/mol. The molecule has 21 heavy (non-hydrogen) atoms. The van der Waals surface area contributed by atoms with E-state index in [0.717, 1.165) is 24.2 Å². The van der Waals surface area contributed by atoms with Crippen molar-refractivity contribution in [1.29, 1.82) is 0 Å². The second kappa shape index (κ2) is 7.08. The molecule has 1 fully saturated rings. The van der Waals surface area contributed by atoms with Crippen molar-refractivity contribution in [2.75, 3.05) is 12.4 Å². The zero-order valence-electron chi connectivity index (χ0n) is 11.0. The zero-order valence-corrected chi connectivity index (χ0v) is 12.7. The van der Waals surface area contributed by atoms with Crippen molar-refractivity contribution in [3.63, 3.8) is 0 Å². The number of allylic oxidation sites excluding steroid dienone is 1. The van der Waals surface area contributed by atoms with Crippen LogP contribution in [0, 0.1) is 5.92 Å². The molecule has 0 atom stereocenters. The Morgan fingerprint density at radius 2 is 2.29 bits per heavy atom. The number of thiazole rings is 1. The Balaban J connectivity index is 1.89. The average molecular weight is 336 g/mol. The molecule has 1 saturated carbocycles. The molecular formula is C12H14F2N2O3S2. The number of hydrogen-bond acceptors (Lipinski definition) is 6. The Morgan fingerprint density at radius 1 is 1.52 bits per heavy atom. The van der Waals surface area contributed by atoms with E-state index in [2.05, 4.69) is 10.1 Å². The minimum atomic E-state index is -3.64. The van der Waals surface area contributed by atoms with E-state index in [-0.39, 0.29) is 10.8 Å². The molecule has 0 aliphatic heterocycles. The highest BCUT2D eigenvalue weighted by Gasteiger charge is 2.22. The quantitative estimate of drug-likeness (QED) is 0.541. The fourth-order valence-corrected chi connectivity index (χ4v) is 3.78. The summed E-state index contributed by atoms with van der Waals surface area (Å²) in [5.74, 6) is 0.190. The molecule has 0 spiro atoms. The Morgan fingerprint density at radius 3 is 2.95 bits per heavy atom. The third-order valence-corrected chi connectivity index (χ3v) is 5.86. The molecule has 1 heterocycles. The zero-order chi connectivity index (χ0) is 15.3. The first-order valence-corrected chi connectivity index (χ1v) is 8.79. The summed E-state index contributed by atoms with van der Waals surface area (Å²) in [5.41, 5.74) is 0. The van der Waals surface area contributed by atoms with Gasteiger partial charge in [-0.1, -0.05) is 5.16 Å². The maximum atomic E-state index is 11.9. The summed E-state index contributed by atoms with van der Waals surface area (Å²) in [6, 6.07) is 0. The van der Waals surface area contributed by atoms with E-state index in [1.165, 1.54) is 12.4 Å². The topological polar surface area (TPSA) is 68.6 Å². The van der Waals surface area contributed by atoms with Crippen LogP contribution in [0.2, 0.25) is 0 Å². The molecule has 0 N–H and O–H groups in total. The number of aromatic nitrogens is 1. The summed E-state index contributed by atoms with van der Waals surface area (Å²) in [6.07, 6.45) is 3.55. The maximum Gasteiger partial charge on any atom is 0.266 e. The van der Waals surface area contributed by atoms with E-state index in [9.17, 15) is 17.2 Å². The van der Waals surface area contributed by atoms with E-state index in [1.807, 2.05) is 0 Å². The number of nitrogens with zero attached hydrogens (tertiary/aromatic N) is 2. The Kier molecular flexibility index (Phi) is 5.40. The number of sulfone groups is 1. The van der Waals surface area contributed by atoms with Crippen molar-refractivity contribution in [2.45, 2.75) is 23.6 Å². The van der Waals surface area contributed by atoms with Gasteiger partial charge in [0.15, 0.2) is 0 Å². The standard InChI is InChI=1S/C12H14F2N2O3S2/c13-11(14)2-1-5-21(17,18)12-15-6-10(20-12)7-16-19-8-9-3-4-9/h2,6-7,9H,1,3-5,8H2/b16-7+. The van der Waals surface area contributed by atoms with Crippen LogP contribution in [-0.2, 0) is 14.7 Å². The molecule has 1 aromatic heterocycles. The molecular weight excluding hydrogens is 322 g/mol. The molecule has 1 aromatic rings. The molecule has 2 rings (SSSR count). The van der Waals surface area contributed by atoms with Crippen LogP contribution in [0.5, 0.6) is 0 Å². The third-order valence-electron chi connectivity index (χ3n) is 2.72. The Hall–Kier alpha value is -1.35. The Bertz CT molecular complexity index is 633. The van der Waals surface area contributed by atoms with Gasteiger partial charge in [0.1, 0.15) is 6.61 Å². The molecule has 1 aliphatic carbocycles. The van der Waals surface area contributed by atoms with E-state index in [4.69, 9.17) is 4.84 Å². The smallest absolute Gasteiger partial charge is 0.266 e. The van der Waals surface area contributed by atoms with Crippen LogP contribution in [0.15, 0.2) is 27.8 Å². The minimum absolute atomic E-state index is 0.0983. The third kappa shape index (κ3) is 5.50. The van der Waals surface area contributed by atoms with Crippen LogP contribution >= 0.6 is 11.3 Å². The highest BCUT2D eigenvalue weighted by atomic mass is 32.2. The highest BCUT2D eigenvalue weighted by Crippen LogP contribution is 2.28. The van der Waals surface area contributed by atoms with Crippen LogP contribution in [0.25, 0.3) is 0 Å². The lowest BCUT2D eigenvalue weighted by Gasteiger charge is -1.96. The van der Waals surface area contributed by atoms with E-state index in [0.29, 0.717) is 23.5 Å². The van der Waals surface area contributed by atoms with Crippen molar-refractivity contribution >= 4 is 27.4 Å². The fourth-order valence-electron chi connectivity index (χ4n) is 1.41. The van der Waals surface area contributed by atoms with Crippen molar-refractivity contribution in [3.8, 4) is 0 Å². The summed E-state index contributed by atoms with van der Waals surface area (Å²) >= 11 is 0.937. The van der Waals surface area contributed by atoms with Gasteiger partial charge in [0.2, 0.25) is 14.2 Å². The minimum Gasteiger partial charge on any atom is -0.395 e. The molecule has 0 amide bonds. The van der Waals surface area contributed by atoms with Crippen LogP contribution in [0.4, 0.5) is 8.78 Å². The molecule has 0 radical (unpaired) electrons. The van der Waals surface area contributed by atoms with Gasteiger partial charge < -0.3 is 4.84 Å². The second-order valence-corrected chi connectivity index (χ2v) is 7.95. The predicted octanol–water partition coefficient (Wildman–Crippen LogP) is 2.85. The van der Waals surface area contributed by atoms with Crippen molar-refractivity contribution < 1.29 is 22.0 Å². The van der Waals surface area contributed by atoms with E-state index in [1.54, 1.807) is 0 Å². The van der Waals surface area contributed by atoms with Gasteiger partial charge in [-0.3, -0.25) is 0 Å². The summed E-state index contributed by atoms with van der Waals surface area (Å²) in [6.45, 7) is 0.571. The second-order valence-electron chi connectivity index (χ2n) is 4.60. The van der Waals surface area contributed by atoms with Gasteiger partial charge in [0.05, 0.1) is 16.8 Å². The first-order chi connectivity index (χ1) is 9.97. The summed E-state index contributed by atoms with van der Waals surface area (Å²) < 4.78 is 47.4. The van der Waals surface area contributed by atoms with Gasteiger partial charge in [-0.2, -0.15) is 8.78 Å². The van der Waals surface area contributed by atoms with E-state index >= 15 is 0 Å². The van der Waals surface area contributed by atoms with E-state index < -0.39 is 21.7 Å². The van der Waals surface area contributed by atoms with Gasteiger partial charge in [-0.05, 0) is 31.3 Å². The van der Waals surface area contributed by atoms with Crippen LogP contribution < -0.4 is 0 Å². The average Bonchev–Trinajstić information content (AvgIpc) is 3.10.